The Morgan fingerprint density at radius 1 is 1.17 bits per heavy atom. The van der Waals surface area contributed by atoms with Gasteiger partial charge in [-0.1, -0.05) is 42.1 Å². The maximum Gasteiger partial charge on any atom is 0.321 e. The molecule has 2 aromatic rings. The number of amides is 3. The molecular weight excluding hydrogens is 312 g/mol. The summed E-state index contributed by atoms with van der Waals surface area (Å²) in [5.74, 6) is -0.388. The fourth-order valence-electron chi connectivity index (χ4n) is 1.84. The van der Waals surface area contributed by atoms with Gasteiger partial charge >= 0.3 is 6.03 Å². The van der Waals surface area contributed by atoms with Crippen molar-refractivity contribution in [2.45, 2.75) is 24.3 Å². The topological polar surface area (TPSA) is 84.0 Å². The van der Waals surface area contributed by atoms with Gasteiger partial charge in [-0.2, -0.15) is 0 Å². The molecule has 0 unspecified atom stereocenters. The number of hydrogen-bond acceptors (Lipinski definition) is 5. The molecule has 6 nitrogen and oxygen atoms in total. The van der Waals surface area contributed by atoms with Crippen LogP contribution in [0.5, 0.6) is 0 Å². The van der Waals surface area contributed by atoms with Crippen molar-refractivity contribution >= 4 is 23.7 Å². The number of carbonyl (C=O) groups excluding carboxylic acids is 2. The van der Waals surface area contributed by atoms with Crippen LogP contribution >= 0.6 is 11.8 Å². The average molecular weight is 330 g/mol. The van der Waals surface area contributed by atoms with Crippen LogP contribution < -0.4 is 10.6 Å². The Labute approximate surface area is 139 Å². The lowest BCUT2D eigenvalue weighted by molar-refractivity contribution is -0.119. The third-order valence-corrected chi connectivity index (χ3v) is 3.98. The minimum Gasteiger partial charge on any atom is -0.341 e. The molecule has 0 saturated carbocycles. The predicted molar refractivity (Wildman–Crippen MR) is 90.1 cm³/mol. The lowest BCUT2D eigenvalue weighted by Crippen LogP contribution is -2.41. The van der Waals surface area contributed by atoms with E-state index < -0.39 is 11.3 Å². The third kappa shape index (κ3) is 4.79. The average Bonchev–Trinajstić information content (AvgIpc) is 2.54. The van der Waals surface area contributed by atoms with Gasteiger partial charge in [-0.05, 0) is 19.9 Å². The second-order valence-electron chi connectivity index (χ2n) is 4.87. The van der Waals surface area contributed by atoms with Crippen LogP contribution in [0.15, 0.2) is 41.6 Å². The summed E-state index contributed by atoms with van der Waals surface area (Å²) in [6, 6.07) is 11.1. The largest absolute Gasteiger partial charge is 0.341 e. The van der Waals surface area contributed by atoms with E-state index >= 15 is 0 Å². The normalized spacial score (nSPS) is 11.6. The molecule has 1 heterocycles. The number of nitrogens with one attached hydrogen (secondary N) is 2. The highest BCUT2D eigenvalue weighted by molar-refractivity contribution is 8.00. The van der Waals surface area contributed by atoms with E-state index in [9.17, 15) is 9.59 Å². The van der Waals surface area contributed by atoms with Gasteiger partial charge in [-0.15, -0.1) is 0 Å². The summed E-state index contributed by atoms with van der Waals surface area (Å²) in [4.78, 5) is 31.9. The van der Waals surface area contributed by atoms with Crippen molar-refractivity contribution in [3.05, 3.63) is 42.1 Å². The summed E-state index contributed by atoms with van der Waals surface area (Å²) in [5, 5.41) is 4.60. The van der Waals surface area contributed by atoms with Crippen molar-refractivity contribution in [2.75, 3.05) is 7.05 Å². The quantitative estimate of drug-likeness (QED) is 0.664. The number of aromatic nitrogens is 2. The van der Waals surface area contributed by atoms with E-state index in [4.69, 9.17) is 0 Å². The Bertz CT molecular complexity index is 706. The summed E-state index contributed by atoms with van der Waals surface area (Å²) < 4.78 is 0. The van der Waals surface area contributed by atoms with Crippen LogP contribution in [0.2, 0.25) is 0 Å². The first kappa shape index (κ1) is 17.0. The highest BCUT2D eigenvalue weighted by atomic mass is 32.2. The predicted octanol–water partition coefficient (Wildman–Crippen LogP) is 2.39. The highest BCUT2D eigenvalue weighted by Gasteiger charge is 2.18. The Hall–Kier alpha value is -2.41. The zero-order valence-electron chi connectivity index (χ0n) is 13.2. The van der Waals surface area contributed by atoms with Gasteiger partial charge in [0.2, 0.25) is 5.91 Å². The second kappa shape index (κ2) is 7.73. The molecule has 0 spiro atoms. The molecule has 0 saturated heterocycles. The highest BCUT2D eigenvalue weighted by Crippen LogP contribution is 2.24. The molecule has 23 heavy (non-hydrogen) atoms. The van der Waals surface area contributed by atoms with Crippen LogP contribution in [0.4, 0.5) is 4.79 Å². The van der Waals surface area contributed by atoms with Crippen LogP contribution in [0.3, 0.4) is 0 Å². The van der Waals surface area contributed by atoms with E-state index in [1.54, 1.807) is 6.92 Å². The fourth-order valence-corrected chi connectivity index (χ4v) is 2.67. The van der Waals surface area contributed by atoms with Gasteiger partial charge in [-0.25, -0.2) is 14.8 Å². The molecule has 0 fully saturated rings. The molecule has 1 atom stereocenters. The molecule has 1 aromatic carbocycles. The van der Waals surface area contributed by atoms with Crippen molar-refractivity contribution in [3.8, 4) is 11.3 Å². The van der Waals surface area contributed by atoms with Gasteiger partial charge < -0.3 is 5.32 Å². The van der Waals surface area contributed by atoms with E-state index in [1.165, 1.54) is 18.8 Å². The van der Waals surface area contributed by atoms with Crippen molar-refractivity contribution in [1.82, 2.24) is 20.6 Å². The van der Waals surface area contributed by atoms with Crippen LogP contribution in [0.1, 0.15) is 12.6 Å². The zero-order valence-corrected chi connectivity index (χ0v) is 14.0. The molecule has 1 aromatic heterocycles. The molecule has 0 aliphatic carbocycles. The molecule has 0 radical (unpaired) electrons. The van der Waals surface area contributed by atoms with Crippen molar-refractivity contribution in [2.24, 2.45) is 0 Å². The Morgan fingerprint density at radius 3 is 2.52 bits per heavy atom. The number of nitrogens with zero attached hydrogens (tertiary/aromatic N) is 2. The maximum atomic E-state index is 11.9. The molecule has 0 aliphatic heterocycles. The number of carbonyl (C=O) groups is 2. The molecule has 7 heteroatoms. The van der Waals surface area contributed by atoms with Crippen molar-refractivity contribution in [1.29, 1.82) is 0 Å². The van der Waals surface area contributed by atoms with Gasteiger partial charge in [0.05, 0.1) is 10.9 Å². The molecule has 0 bridgehead atoms. The number of thioether (sulfide) groups is 1. The van der Waals surface area contributed by atoms with Gasteiger partial charge in [0.1, 0.15) is 0 Å². The molecule has 0 aliphatic rings. The summed E-state index contributed by atoms with van der Waals surface area (Å²) >= 11 is 1.21. The molecule has 2 N–H and O–H groups in total. The van der Waals surface area contributed by atoms with E-state index in [0.29, 0.717) is 5.16 Å². The number of imide groups is 1. The molecule has 2 rings (SSSR count). The van der Waals surface area contributed by atoms with Gasteiger partial charge in [-0.3, -0.25) is 10.1 Å². The summed E-state index contributed by atoms with van der Waals surface area (Å²) in [6.45, 7) is 3.59. The van der Waals surface area contributed by atoms with E-state index in [1.807, 2.05) is 43.3 Å². The Balaban J connectivity index is 2.16. The lowest BCUT2D eigenvalue weighted by atomic mass is 10.1. The number of urea groups is 1. The minimum atomic E-state index is -0.530. The second-order valence-corrected chi connectivity index (χ2v) is 6.18. The first-order valence-electron chi connectivity index (χ1n) is 7.10. The molecule has 120 valence electrons. The summed E-state index contributed by atoms with van der Waals surface area (Å²) in [6.07, 6.45) is 0. The Morgan fingerprint density at radius 2 is 1.87 bits per heavy atom. The smallest absolute Gasteiger partial charge is 0.321 e. The molecule has 3 amide bonds. The van der Waals surface area contributed by atoms with Gasteiger partial charge in [0.15, 0.2) is 5.16 Å². The third-order valence-electron chi connectivity index (χ3n) is 3.02. The van der Waals surface area contributed by atoms with Crippen LogP contribution in [-0.4, -0.2) is 34.2 Å². The van der Waals surface area contributed by atoms with Gasteiger partial charge in [0.25, 0.3) is 0 Å². The fraction of sp³-hybridized carbons (Fsp3) is 0.250. The number of hydrogen-bond donors (Lipinski definition) is 2. The zero-order chi connectivity index (χ0) is 16.8. The van der Waals surface area contributed by atoms with E-state index in [2.05, 4.69) is 20.6 Å². The first-order valence-corrected chi connectivity index (χ1v) is 7.98. The summed E-state index contributed by atoms with van der Waals surface area (Å²) in [5.41, 5.74) is 2.61. The maximum absolute atomic E-state index is 11.9. The van der Waals surface area contributed by atoms with Crippen LogP contribution in [0, 0.1) is 6.92 Å². The number of aryl methyl sites for hydroxylation is 1. The molecular formula is C16H18N4O2S. The number of benzene rings is 1. The van der Waals surface area contributed by atoms with Crippen LogP contribution in [-0.2, 0) is 4.79 Å². The van der Waals surface area contributed by atoms with Crippen LogP contribution in [0.25, 0.3) is 11.3 Å². The standard InChI is InChI=1S/C16H18N4O2S/c1-10-9-13(12-7-5-4-6-8-12)19-16(18-10)23-11(2)14(21)20-15(22)17-3/h4-9,11H,1-3H3,(H2,17,20,21,22)/t11-/m1/s1. The first-order chi connectivity index (χ1) is 11.0. The van der Waals surface area contributed by atoms with Crippen molar-refractivity contribution < 1.29 is 9.59 Å². The van der Waals surface area contributed by atoms with Gasteiger partial charge in [0, 0.05) is 18.3 Å². The van der Waals surface area contributed by atoms with E-state index in [0.717, 1.165) is 17.0 Å². The number of rotatable bonds is 4. The minimum absolute atomic E-state index is 0.388. The van der Waals surface area contributed by atoms with Crippen molar-refractivity contribution in [3.63, 3.8) is 0 Å². The monoisotopic (exact) mass is 330 g/mol. The summed E-state index contributed by atoms with van der Waals surface area (Å²) in [7, 11) is 1.45. The Kier molecular flexibility index (Phi) is 5.70. The SMILES string of the molecule is CNC(=O)NC(=O)[C@@H](C)Sc1nc(C)cc(-c2ccccc2)n1. The van der Waals surface area contributed by atoms with E-state index in [-0.39, 0.29) is 5.91 Å². The lowest BCUT2D eigenvalue weighted by Gasteiger charge is -2.11.